The molecule has 1 heterocycles. The molecule has 6 heteroatoms. The third-order valence-electron chi connectivity index (χ3n) is 4.27. The third kappa shape index (κ3) is 4.68. The number of hydrogen-bond acceptors (Lipinski definition) is 3. The van der Waals surface area contributed by atoms with E-state index in [1.807, 2.05) is 19.2 Å². The van der Waals surface area contributed by atoms with Crippen molar-refractivity contribution in [3.05, 3.63) is 16.1 Å². The predicted octanol–water partition coefficient (Wildman–Crippen LogP) is 4.34. The van der Waals surface area contributed by atoms with Crippen LogP contribution in [-0.2, 0) is 6.42 Å². The van der Waals surface area contributed by atoms with Crippen molar-refractivity contribution in [2.45, 2.75) is 58.2 Å². The first kappa shape index (κ1) is 16.7. The summed E-state index contributed by atoms with van der Waals surface area (Å²) in [6.07, 6.45) is -1.21. The van der Waals surface area contributed by atoms with Gasteiger partial charge in [0.1, 0.15) is 0 Å². The highest BCUT2D eigenvalue weighted by atomic mass is 32.1. The second-order valence-corrected chi connectivity index (χ2v) is 6.86. The molecule has 0 amide bonds. The molecule has 1 aliphatic carbocycles. The van der Waals surface area contributed by atoms with Crippen molar-refractivity contribution >= 4 is 11.3 Å². The van der Waals surface area contributed by atoms with Crippen LogP contribution in [0.2, 0.25) is 0 Å². The van der Waals surface area contributed by atoms with Crippen LogP contribution in [0.4, 0.5) is 13.2 Å². The van der Waals surface area contributed by atoms with E-state index < -0.39 is 12.1 Å². The van der Waals surface area contributed by atoms with E-state index in [1.54, 1.807) is 11.3 Å². The lowest BCUT2D eigenvalue weighted by atomic mass is 9.76. The SMILES string of the molecule is CCNC(Cc1nc(C)cs1)C1CCCC(C(F)(F)F)C1. The first-order valence-corrected chi connectivity index (χ1v) is 8.49. The molecule has 1 aromatic heterocycles. The number of thiazole rings is 1. The van der Waals surface area contributed by atoms with Gasteiger partial charge >= 0.3 is 6.18 Å². The van der Waals surface area contributed by atoms with E-state index in [9.17, 15) is 13.2 Å². The van der Waals surface area contributed by atoms with Gasteiger partial charge in [-0.2, -0.15) is 13.2 Å². The molecule has 1 aromatic rings. The summed E-state index contributed by atoms with van der Waals surface area (Å²) >= 11 is 1.60. The molecule has 0 aromatic carbocycles. The van der Waals surface area contributed by atoms with Gasteiger partial charge in [0.25, 0.3) is 0 Å². The zero-order chi connectivity index (χ0) is 15.5. The monoisotopic (exact) mass is 320 g/mol. The Morgan fingerprint density at radius 3 is 2.76 bits per heavy atom. The van der Waals surface area contributed by atoms with Gasteiger partial charge in [-0.3, -0.25) is 0 Å². The molecule has 1 N–H and O–H groups in total. The Bertz CT molecular complexity index is 444. The molecule has 0 aliphatic heterocycles. The van der Waals surface area contributed by atoms with Crippen LogP contribution in [0.25, 0.3) is 0 Å². The number of likely N-dealkylation sites (N-methyl/N-ethyl adjacent to an activating group) is 1. The molecule has 0 radical (unpaired) electrons. The molecule has 1 aliphatic rings. The van der Waals surface area contributed by atoms with E-state index in [2.05, 4.69) is 10.3 Å². The van der Waals surface area contributed by atoms with E-state index in [1.165, 1.54) is 0 Å². The Morgan fingerprint density at radius 1 is 1.43 bits per heavy atom. The fourth-order valence-electron chi connectivity index (χ4n) is 3.24. The van der Waals surface area contributed by atoms with Crippen LogP contribution in [0.3, 0.4) is 0 Å². The normalized spacial score (nSPS) is 25.0. The number of rotatable bonds is 5. The largest absolute Gasteiger partial charge is 0.391 e. The smallest absolute Gasteiger partial charge is 0.314 e. The topological polar surface area (TPSA) is 24.9 Å². The highest BCUT2D eigenvalue weighted by molar-refractivity contribution is 7.09. The Hall–Kier alpha value is -0.620. The summed E-state index contributed by atoms with van der Waals surface area (Å²) in [4.78, 5) is 4.45. The zero-order valence-corrected chi connectivity index (χ0v) is 13.4. The fraction of sp³-hybridized carbons (Fsp3) is 0.800. The molecular formula is C15H23F3N2S. The van der Waals surface area contributed by atoms with Crippen molar-refractivity contribution in [3.8, 4) is 0 Å². The number of halogens is 3. The number of hydrogen-bond donors (Lipinski definition) is 1. The standard InChI is InChI=1S/C15H23F3N2S/c1-3-19-13(8-14-20-10(2)9-21-14)11-5-4-6-12(7-11)15(16,17)18/h9,11-13,19H,3-8H2,1-2H3. The van der Waals surface area contributed by atoms with Gasteiger partial charge in [-0.05, 0) is 38.6 Å². The predicted molar refractivity (Wildman–Crippen MR) is 79.5 cm³/mol. The quantitative estimate of drug-likeness (QED) is 0.873. The van der Waals surface area contributed by atoms with Crippen LogP contribution in [0.5, 0.6) is 0 Å². The van der Waals surface area contributed by atoms with Crippen LogP contribution in [-0.4, -0.2) is 23.7 Å². The van der Waals surface area contributed by atoms with Crippen molar-refractivity contribution in [1.82, 2.24) is 10.3 Å². The van der Waals surface area contributed by atoms with E-state index in [4.69, 9.17) is 0 Å². The van der Waals surface area contributed by atoms with Crippen molar-refractivity contribution < 1.29 is 13.2 Å². The summed E-state index contributed by atoms with van der Waals surface area (Å²) < 4.78 is 38.9. The van der Waals surface area contributed by atoms with Gasteiger partial charge in [0.05, 0.1) is 10.9 Å². The van der Waals surface area contributed by atoms with Gasteiger partial charge in [-0.15, -0.1) is 11.3 Å². The average Bonchev–Trinajstić information content (AvgIpc) is 2.83. The summed E-state index contributed by atoms with van der Waals surface area (Å²) in [7, 11) is 0. The maximum Gasteiger partial charge on any atom is 0.391 e. The Kier molecular flexibility index (Phi) is 5.66. The molecule has 1 fully saturated rings. The summed E-state index contributed by atoms with van der Waals surface area (Å²) in [5.41, 5.74) is 0.988. The van der Waals surface area contributed by atoms with Crippen molar-refractivity contribution in [2.24, 2.45) is 11.8 Å². The van der Waals surface area contributed by atoms with E-state index in [-0.39, 0.29) is 24.8 Å². The first-order valence-electron chi connectivity index (χ1n) is 7.61. The number of nitrogens with one attached hydrogen (secondary N) is 1. The van der Waals surface area contributed by atoms with Gasteiger partial charge in [0, 0.05) is 23.5 Å². The van der Waals surface area contributed by atoms with Gasteiger partial charge in [-0.1, -0.05) is 13.3 Å². The summed E-state index contributed by atoms with van der Waals surface area (Å²) in [5.74, 6) is -1.04. The third-order valence-corrected chi connectivity index (χ3v) is 5.26. The number of aryl methyl sites for hydroxylation is 1. The number of alkyl halides is 3. The number of nitrogens with zero attached hydrogens (tertiary/aromatic N) is 1. The van der Waals surface area contributed by atoms with E-state index in [0.717, 1.165) is 30.1 Å². The molecule has 0 spiro atoms. The summed E-state index contributed by atoms with van der Waals surface area (Å²) in [6, 6.07) is 0.103. The zero-order valence-electron chi connectivity index (χ0n) is 12.5. The second-order valence-electron chi connectivity index (χ2n) is 5.92. The van der Waals surface area contributed by atoms with Crippen molar-refractivity contribution in [3.63, 3.8) is 0 Å². The minimum absolute atomic E-state index is 0.0922. The first-order chi connectivity index (χ1) is 9.90. The van der Waals surface area contributed by atoms with Crippen LogP contribution in [0, 0.1) is 18.8 Å². The molecule has 3 unspecified atom stereocenters. The Labute approximate surface area is 128 Å². The lowest BCUT2D eigenvalue weighted by Gasteiger charge is -2.35. The summed E-state index contributed by atoms with van der Waals surface area (Å²) in [5, 5.41) is 6.40. The molecule has 1 saturated carbocycles. The molecule has 3 atom stereocenters. The molecule has 120 valence electrons. The maximum atomic E-state index is 13.0. The van der Waals surface area contributed by atoms with Gasteiger partial charge in [0.15, 0.2) is 0 Å². The van der Waals surface area contributed by atoms with Crippen molar-refractivity contribution in [2.75, 3.05) is 6.54 Å². The summed E-state index contributed by atoms with van der Waals surface area (Å²) in [6.45, 7) is 4.73. The molecule has 0 bridgehead atoms. The molecule has 2 nitrogen and oxygen atoms in total. The fourth-order valence-corrected chi connectivity index (χ4v) is 4.07. The lowest BCUT2D eigenvalue weighted by molar-refractivity contribution is -0.186. The van der Waals surface area contributed by atoms with Crippen LogP contribution < -0.4 is 5.32 Å². The van der Waals surface area contributed by atoms with E-state index >= 15 is 0 Å². The number of aromatic nitrogens is 1. The van der Waals surface area contributed by atoms with Crippen LogP contribution in [0.1, 0.15) is 43.3 Å². The van der Waals surface area contributed by atoms with Crippen LogP contribution >= 0.6 is 11.3 Å². The van der Waals surface area contributed by atoms with Gasteiger partial charge in [0.2, 0.25) is 0 Å². The minimum Gasteiger partial charge on any atom is -0.314 e. The molecule has 21 heavy (non-hydrogen) atoms. The van der Waals surface area contributed by atoms with Crippen LogP contribution in [0.15, 0.2) is 5.38 Å². The minimum atomic E-state index is -4.05. The average molecular weight is 320 g/mol. The maximum absolute atomic E-state index is 13.0. The molecule has 0 saturated heterocycles. The molecule has 2 rings (SSSR count). The van der Waals surface area contributed by atoms with Crippen molar-refractivity contribution in [1.29, 1.82) is 0 Å². The second kappa shape index (κ2) is 7.09. The Balaban J connectivity index is 2.03. The Morgan fingerprint density at radius 2 is 2.19 bits per heavy atom. The molecular weight excluding hydrogens is 297 g/mol. The van der Waals surface area contributed by atoms with Gasteiger partial charge in [-0.25, -0.2) is 4.98 Å². The lowest BCUT2D eigenvalue weighted by Crippen LogP contribution is -2.42. The van der Waals surface area contributed by atoms with Gasteiger partial charge < -0.3 is 5.32 Å². The van der Waals surface area contributed by atoms with E-state index in [0.29, 0.717) is 6.42 Å². The highest BCUT2D eigenvalue weighted by Crippen LogP contribution is 2.41. The highest BCUT2D eigenvalue weighted by Gasteiger charge is 2.43.